The highest BCUT2D eigenvalue weighted by atomic mass is 16.2. The van der Waals surface area contributed by atoms with Crippen LogP contribution in [0.4, 0.5) is 5.69 Å². The first-order chi connectivity index (χ1) is 9.13. The van der Waals surface area contributed by atoms with E-state index in [0.29, 0.717) is 11.1 Å². The fraction of sp³-hybridized carbons (Fsp3) is 0.133. The largest absolute Gasteiger partial charge is 0.311 e. The minimum absolute atomic E-state index is 0.182. The maximum Gasteiger partial charge on any atom is 0.259 e. The van der Waals surface area contributed by atoms with Gasteiger partial charge in [-0.1, -0.05) is 18.2 Å². The van der Waals surface area contributed by atoms with Gasteiger partial charge in [-0.3, -0.25) is 9.78 Å². The third-order valence-corrected chi connectivity index (χ3v) is 2.90. The molecule has 0 aliphatic rings. The van der Waals surface area contributed by atoms with Gasteiger partial charge in [0.05, 0.1) is 11.1 Å². The van der Waals surface area contributed by atoms with Crippen LogP contribution in [0.3, 0.4) is 0 Å². The van der Waals surface area contributed by atoms with E-state index in [2.05, 4.69) is 4.98 Å². The number of hydrogen-bond donors (Lipinski definition) is 0. The zero-order valence-electron chi connectivity index (χ0n) is 10.8. The summed E-state index contributed by atoms with van der Waals surface area (Å²) < 4.78 is 0. The number of rotatable bonds is 2. The number of nitrogens with zero attached hydrogens (tertiary/aromatic N) is 3. The van der Waals surface area contributed by atoms with Gasteiger partial charge >= 0.3 is 0 Å². The summed E-state index contributed by atoms with van der Waals surface area (Å²) in [4.78, 5) is 17.8. The van der Waals surface area contributed by atoms with Crippen LogP contribution in [0.25, 0.3) is 0 Å². The van der Waals surface area contributed by atoms with Crippen LogP contribution in [0.5, 0.6) is 0 Å². The minimum Gasteiger partial charge on any atom is -0.311 e. The zero-order chi connectivity index (χ0) is 13.8. The van der Waals surface area contributed by atoms with E-state index in [4.69, 9.17) is 5.26 Å². The van der Waals surface area contributed by atoms with Gasteiger partial charge in [-0.2, -0.15) is 5.26 Å². The second-order valence-electron chi connectivity index (χ2n) is 4.22. The van der Waals surface area contributed by atoms with Gasteiger partial charge in [-0.25, -0.2) is 0 Å². The number of anilines is 1. The molecule has 1 amide bonds. The molecule has 1 aromatic heterocycles. The molecule has 0 saturated carbocycles. The molecule has 0 spiro atoms. The normalized spacial score (nSPS) is 9.74. The van der Waals surface area contributed by atoms with E-state index in [9.17, 15) is 4.79 Å². The number of hydrogen-bond acceptors (Lipinski definition) is 3. The van der Waals surface area contributed by atoms with Crippen LogP contribution in [-0.4, -0.2) is 17.9 Å². The SMILES string of the molecule is Cc1ccccc1N(C)C(=O)c1cncc(C#N)c1. The fourth-order valence-corrected chi connectivity index (χ4v) is 1.86. The van der Waals surface area contributed by atoms with Gasteiger partial charge in [0, 0.05) is 25.1 Å². The molecule has 0 N–H and O–H groups in total. The molecule has 1 heterocycles. The zero-order valence-corrected chi connectivity index (χ0v) is 10.8. The number of carbonyl (C=O) groups is 1. The lowest BCUT2D eigenvalue weighted by Gasteiger charge is -2.19. The summed E-state index contributed by atoms with van der Waals surface area (Å²) in [5.41, 5.74) is 2.64. The molecule has 0 bridgehead atoms. The number of benzene rings is 1. The molecule has 0 unspecified atom stereocenters. The first kappa shape index (κ1) is 12.8. The average molecular weight is 251 g/mol. The highest BCUT2D eigenvalue weighted by molar-refractivity contribution is 6.06. The molecule has 0 aliphatic carbocycles. The van der Waals surface area contributed by atoms with Crippen molar-refractivity contribution in [3.8, 4) is 6.07 Å². The summed E-state index contributed by atoms with van der Waals surface area (Å²) in [6, 6.07) is 11.2. The van der Waals surface area contributed by atoms with Crippen LogP contribution in [0.1, 0.15) is 21.5 Å². The van der Waals surface area contributed by atoms with Gasteiger partial charge in [0.25, 0.3) is 5.91 Å². The number of carbonyl (C=O) groups excluding carboxylic acids is 1. The summed E-state index contributed by atoms with van der Waals surface area (Å²) in [6.45, 7) is 1.95. The summed E-state index contributed by atoms with van der Waals surface area (Å²) >= 11 is 0. The number of para-hydroxylation sites is 1. The van der Waals surface area contributed by atoms with Gasteiger partial charge in [-0.15, -0.1) is 0 Å². The Kier molecular flexibility index (Phi) is 3.58. The minimum atomic E-state index is -0.182. The van der Waals surface area contributed by atoms with Crippen molar-refractivity contribution in [2.24, 2.45) is 0 Å². The Morgan fingerprint density at radius 2 is 2.05 bits per heavy atom. The Hall–Kier alpha value is -2.67. The highest BCUT2D eigenvalue weighted by Gasteiger charge is 2.15. The molecule has 2 rings (SSSR count). The third-order valence-electron chi connectivity index (χ3n) is 2.90. The van der Waals surface area contributed by atoms with Crippen molar-refractivity contribution in [3.05, 3.63) is 59.4 Å². The van der Waals surface area contributed by atoms with Gasteiger partial charge < -0.3 is 4.90 Å². The topological polar surface area (TPSA) is 57.0 Å². The van der Waals surface area contributed by atoms with E-state index < -0.39 is 0 Å². The average Bonchev–Trinajstić information content (AvgIpc) is 2.46. The van der Waals surface area contributed by atoms with E-state index in [1.165, 1.54) is 12.4 Å². The second-order valence-corrected chi connectivity index (χ2v) is 4.22. The van der Waals surface area contributed by atoms with E-state index >= 15 is 0 Å². The molecule has 0 radical (unpaired) electrons. The molecule has 94 valence electrons. The van der Waals surface area contributed by atoms with Crippen molar-refractivity contribution in [2.75, 3.05) is 11.9 Å². The molecule has 0 atom stereocenters. The molecule has 19 heavy (non-hydrogen) atoms. The second kappa shape index (κ2) is 5.32. The third kappa shape index (κ3) is 2.61. The molecule has 2 aromatic rings. The molecule has 1 aromatic carbocycles. The first-order valence-electron chi connectivity index (χ1n) is 5.82. The first-order valence-corrected chi connectivity index (χ1v) is 5.82. The number of amides is 1. The Morgan fingerprint density at radius 3 is 2.74 bits per heavy atom. The van der Waals surface area contributed by atoms with Crippen molar-refractivity contribution in [1.29, 1.82) is 5.26 Å². The van der Waals surface area contributed by atoms with Gasteiger partial charge in [0.2, 0.25) is 0 Å². The fourth-order valence-electron chi connectivity index (χ4n) is 1.86. The lowest BCUT2D eigenvalue weighted by atomic mass is 10.1. The van der Waals surface area contributed by atoms with E-state index in [0.717, 1.165) is 11.3 Å². The maximum atomic E-state index is 12.3. The predicted octanol–water partition coefficient (Wildman–Crippen LogP) is 2.54. The molecule has 4 heteroatoms. The maximum absolute atomic E-state index is 12.3. The van der Waals surface area contributed by atoms with E-state index in [-0.39, 0.29) is 5.91 Å². The van der Waals surface area contributed by atoms with Crippen molar-refractivity contribution in [1.82, 2.24) is 4.98 Å². The summed E-state index contributed by atoms with van der Waals surface area (Å²) in [6.07, 6.45) is 2.91. The van der Waals surface area contributed by atoms with Gasteiger partial charge in [0.1, 0.15) is 6.07 Å². The van der Waals surface area contributed by atoms with Crippen LogP contribution in [0, 0.1) is 18.3 Å². The highest BCUT2D eigenvalue weighted by Crippen LogP contribution is 2.19. The van der Waals surface area contributed by atoms with Crippen LogP contribution < -0.4 is 4.90 Å². The van der Waals surface area contributed by atoms with Gasteiger partial charge in [0.15, 0.2) is 0 Å². The number of nitriles is 1. The van der Waals surface area contributed by atoms with Gasteiger partial charge in [-0.05, 0) is 24.6 Å². The Morgan fingerprint density at radius 1 is 1.32 bits per heavy atom. The molecular weight excluding hydrogens is 238 g/mol. The smallest absolute Gasteiger partial charge is 0.259 e. The molecule has 4 nitrogen and oxygen atoms in total. The quantitative estimate of drug-likeness (QED) is 0.824. The van der Waals surface area contributed by atoms with E-state index in [1.807, 2.05) is 37.3 Å². The molecular formula is C15H13N3O. The Balaban J connectivity index is 2.34. The summed E-state index contributed by atoms with van der Waals surface area (Å²) in [7, 11) is 1.71. The molecule has 0 aliphatic heterocycles. The lowest BCUT2D eigenvalue weighted by Crippen LogP contribution is -2.27. The van der Waals surface area contributed by atoms with Crippen LogP contribution in [-0.2, 0) is 0 Å². The van der Waals surface area contributed by atoms with Crippen molar-refractivity contribution in [3.63, 3.8) is 0 Å². The Labute approximate surface area is 111 Å². The summed E-state index contributed by atoms with van der Waals surface area (Å²) in [5, 5.41) is 8.83. The van der Waals surface area contributed by atoms with Crippen molar-refractivity contribution in [2.45, 2.75) is 6.92 Å². The molecule has 0 fully saturated rings. The predicted molar refractivity (Wildman–Crippen MR) is 72.9 cm³/mol. The summed E-state index contributed by atoms with van der Waals surface area (Å²) in [5.74, 6) is -0.182. The molecule has 0 saturated heterocycles. The van der Waals surface area contributed by atoms with Crippen molar-refractivity contribution < 1.29 is 4.79 Å². The number of pyridine rings is 1. The van der Waals surface area contributed by atoms with Crippen LogP contribution >= 0.6 is 0 Å². The van der Waals surface area contributed by atoms with E-state index in [1.54, 1.807) is 18.0 Å². The lowest BCUT2D eigenvalue weighted by molar-refractivity contribution is 0.0992. The Bertz CT molecular complexity index is 658. The number of aryl methyl sites for hydroxylation is 1. The number of aromatic nitrogens is 1. The van der Waals surface area contributed by atoms with Crippen LogP contribution in [0.15, 0.2) is 42.7 Å². The van der Waals surface area contributed by atoms with Crippen LogP contribution in [0.2, 0.25) is 0 Å². The standard InChI is InChI=1S/C15H13N3O/c1-11-5-3-4-6-14(11)18(2)15(19)13-7-12(8-16)9-17-10-13/h3-7,9-10H,1-2H3. The van der Waals surface area contributed by atoms with Crippen molar-refractivity contribution >= 4 is 11.6 Å². The monoisotopic (exact) mass is 251 g/mol.